The van der Waals surface area contributed by atoms with Crippen LogP contribution in [0, 0.1) is 0 Å². The van der Waals surface area contributed by atoms with Crippen LogP contribution in [-0.4, -0.2) is 23.1 Å². The maximum atomic E-state index is 3.49. The van der Waals surface area contributed by atoms with Crippen LogP contribution in [0.4, 0.5) is 0 Å². The molecule has 2 aliphatic heterocycles. The summed E-state index contributed by atoms with van der Waals surface area (Å²) in [6.45, 7) is 6.02. The Kier molecular flexibility index (Phi) is 5.65. The van der Waals surface area contributed by atoms with Crippen molar-refractivity contribution in [1.29, 1.82) is 0 Å². The maximum Gasteiger partial charge on any atom is 0.166 e. The Bertz CT molecular complexity index is 393. The molecule has 0 aromatic rings. The largest absolute Gasteiger partial charge is 0.361 e. The first-order chi connectivity index (χ1) is 9.74. The molecule has 110 valence electrons. The van der Waals surface area contributed by atoms with E-state index < -0.39 is 0 Å². The fourth-order valence-corrected chi connectivity index (χ4v) is 4.91. The first-order valence-electron chi connectivity index (χ1n) is 6.85. The van der Waals surface area contributed by atoms with Gasteiger partial charge in [-0.3, -0.25) is 10.6 Å². The maximum absolute atomic E-state index is 3.49. The highest BCUT2D eigenvalue weighted by Gasteiger charge is 2.34. The average Bonchev–Trinajstić information content (AvgIpc) is 2.48. The van der Waals surface area contributed by atoms with E-state index >= 15 is 0 Å². The second-order valence-corrected chi connectivity index (χ2v) is 7.05. The van der Waals surface area contributed by atoms with Gasteiger partial charge in [0.1, 0.15) is 0 Å². The normalized spacial score (nSPS) is 31.1. The van der Waals surface area contributed by atoms with Crippen LogP contribution in [0.5, 0.6) is 0 Å². The lowest BCUT2D eigenvalue weighted by atomic mass is 10.3. The van der Waals surface area contributed by atoms with E-state index in [1.807, 2.05) is 24.6 Å². The molecule has 2 unspecified atom stereocenters. The van der Waals surface area contributed by atoms with Gasteiger partial charge in [-0.1, -0.05) is 26.0 Å². The van der Waals surface area contributed by atoms with Crippen molar-refractivity contribution in [3.8, 4) is 0 Å². The topological polar surface area (TPSA) is 48.1 Å². The summed E-state index contributed by atoms with van der Waals surface area (Å²) in [6.07, 6.45) is 16.4. The van der Waals surface area contributed by atoms with E-state index in [9.17, 15) is 0 Å². The van der Waals surface area contributed by atoms with Crippen molar-refractivity contribution in [2.45, 2.75) is 23.8 Å². The van der Waals surface area contributed by atoms with Gasteiger partial charge in [0.25, 0.3) is 0 Å². The summed E-state index contributed by atoms with van der Waals surface area (Å²) in [5, 5.41) is 13.8. The van der Waals surface area contributed by atoms with Crippen LogP contribution in [0.15, 0.2) is 48.9 Å². The molecule has 0 radical (unpaired) electrons. The third-order valence-corrected chi connectivity index (χ3v) is 6.09. The van der Waals surface area contributed by atoms with E-state index in [4.69, 9.17) is 0 Å². The molecule has 0 aromatic heterocycles. The Balaban J connectivity index is 2.03. The zero-order valence-corrected chi connectivity index (χ0v) is 13.5. The number of dihydropyridines is 2. The van der Waals surface area contributed by atoms with Gasteiger partial charge in [-0.15, -0.1) is 0 Å². The van der Waals surface area contributed by atoms with Gasteiger partial charge in [0.15, 0.2) is 9.99 Å². The fraction of sp³-hybridized carbons (Fsp3) is 0.429. The number of hydrogen-bond donors (Lipinski definition) is 4. The summed E-state index contributed by atoms with van der Waals surface area (Å²) < 4.78 is 0. The Morgan fingerprint density at radius 2 is 1.25 bits per heavy atom. The predicted molar refractivity (Wildman–Crippen MR) is 90.8 cm³/mol. The molecule has 0 saturated carbocycles. The molecule has 2 aliphatic rings. The molecule has 4 nitrogen and oxygen atoms in total. The van der Waals surface area contributed by atoms with Crippen molar-refractivity contribution in [2.75, 3.05) is 13.1 Å². The second-order valence-electron chi connectivity index (χ2n) is 4.42. The summed E-state index contributed by atoms with van der Waals surface area (Å²) in [5.41, 5.74) is 0. The number of allylic oxidation sites excluding steroid dienone is 4. The summed E-state index contributed by atoms with van der Waals surface area (Å²) in [7, 11) is 3.52. The first-order valence-corrected chi connectivity index (χ1v) is 9.00. The van der Waals surface area contributed by atoms with Crippen molar-refractivity contribution in [2.24, 2.45) is 0 Å². The third-order valence-electron chi connectivity index (χ3n) is 2.86. The van der Waals surface area contributed by atoms with E-state index in [0.717, 1.165) is 13.1 Å². The molecule has 2 atom stereocenters. The van der Waals surface area contributed by atoms with Crippen LogP contribution in [0.3, 0.4) is 0 Å². The molecule has 0 amide bonds. The van der Waals surface area contributed by atoms with E-state index in [2.05, 4.69) is 59.4 Å². The molecule has 2 heterocycles. The lowest BCUT2D eigenvalue weighted by Gasteiger charge is -2.38. The summed E-state index contributed by atoms with van der Waals surface area (Å²) in [4.78, 5) is -0.541. The minimum atomic E-state index is -0.271. The zero-order chi connectivity index (χ0) is 14.3. The number of likely N-dealkylation sites (N-methyl/N-ethyl adjacent to an activating group) is 2. The minimum Gasteiger partial charge on any atom is -0.361 e. The quantitative estimate of drug-likeness (QED) is 0.427. The number of hydrogen-bond acceptors (Lipinski definition) is 6. The Labute approximate surface area is 129 Å². The Morgan fingerprint density at radius 3 is 1.55 bits per heavy atom. The lowest BCUT2D eigenvalue weighted by molar-refractivity contribution is 0.513. The van der Waals surface area contributed by atoms with Gasteiger partial charge in [-0.05, 0) is 71.4 Å². The first kappa shape index (κ1) is 15.6. The van der Waals surface area contributed by atoms with Gasteiger partial charge in [-0.2, -0.15) is 0 Å². The van der Waals surface area contributed by atoms with Gasteiger partial charge >= 0.3 is 0 Å². The molecular weight excluding hydrogens is 288 g/mol. The monoisotopic (exact) mass is 310 g/mol. The standard InChI is InChI=1S/C14H22N4S2/c1-3-15-13(9-5-7-11-17-13)19-20-14(16-4-2)10-6-8-12-18-14/h5-12,15-18H,3-4H2,1-2H3. The van der Waals surface area contributed by atoms with Crippen molar-refractivity contribution in [3.05, 3.63) is 48.9 Å². The number of nitrogens with one attached hydrogen (secondary N) is 4. The lowest BCUT2D eigenvalue weighted by Crippen LogP contribution is -2.54. The molecule has 0 aromatic carbocycles. The molecule has 0 aliphatic carbocycles. The van der Waals surface area contributed by atoms with Gasteiger partial charge in [0, 0.05) is 0 Å². The Hall–Kier alpha value is -0.820. The molecule has 6 heteroatoms. The second kappa shape index (κ2) is 7.26. The highest BCUT2D eigenvalue weighted by atomic mass is 33.1. The average molecular weight is 310 g/mol. The molecule has 0 bridgehead atoms. The molecule has 0 saturated heterocycles. The van der Waals surface area contributed by atoms with Crippen LogP contribution >= 0.6 is 21.6 Å². The van der Waals surface area contributed by atoms with E-state index in [1.165, 1.54) is 0 Å². The summed E-state index contributed by atoms with van der Waals surface area (Å²) >= 11 is 0. The molecular formula is C14H22N4S2. The van der Waals surface area contributed by atoms with E-state index in [-0.39, 0.29) is 9.99 Å². The van der Waals surface area contributed by atoms with Crippen molar-refractivity contribution >= 4 is 21.6 Å². The fourth-order valence-electron chi connectivity index (χ4n) is 1.97. The predicted octanol–water partition coefficient (Wildman–Crippen LogP) is 2.24. The smallest absolute Gasteiger partial charge is 0.166 e. The van der Waals surface area contributed by atoms with Crippen LogP contribution < -0.4 is 21.3 Å². The third kappa shape index (κ3) is 3.85. The number of rotatable bonds is 7. The van der Waals surface area contributed by atoms with Crippen LogP contribution in [-0.2, 0) is 0 Å². The van der Waals surface area contributed by atoms with Gasteiger partial charge in [0.05, 0.1) is 0 Å². The highest BCUT2D eigenvalue weighted by molar-refractivity contribution is 8.77. The van der Waals surface area contributed by atoms with Gasteiger partial charge < -0.3 is 10.6 Å². The highest BCUT2D eigenvalue weighted by Crippen LogP contribution is 2.42. The summed E-state index contributed by atoms with van der Waals surface area (Å²) in [6, 6.07) is 0. The zero-order valence-electron chi connectivity index (χ0n) is 11.8. The van der Waals surface area contributed by atoms with Crippen LogP contribution in [0.25, 0.3) is 0 Å². The van der Waals surface area contributed by atoms with Crippen LogP contribution in [0.1, 0.15) is 13.8 Å². The van der Waals surface area contributed by atoms with Crippen molar-refractivity contribution < 1.29 is 0 Å². The Morgan fingerprint density at radius 1 is 0.800 bits per heavy atom. The molecule has 2 rings (SSSR count). The SMILES string of the molecule is CCNC1(SSC2(NCC)C=CC=CN2)C=CC=CN1. The van der Waals surface area contributed by atoms with Crippen molar-refractivity contribution in [1.82, 2.24) is 21.3 Å². The minimum absolute atomic E-state index is 0.271. The molecule has 0 fully saturated rings. The van der Waals surface area contributed by atoms with Crippen molar-refractivity contribution in [3.63, 3.8) is 0 Å². The van der Waals surface area contributed by atoms with E-state index in [1.54, 1.807) is 21.6 Å². The molecule has 0 spiro atoms. The molecule has 4 N–H and O–H groups in total. The summed E-state index contributed by atoms with van der Waals surface area (Å²) in [5.74, 6) is 0. The molecule has 20 heavy (non-hydrogen) atoms. The van der Waals surface area contributed by atoms with Crippen LogP contribution in [0.2, 0.25) is 0 Å². The van der Waals surface area contributed by atoms with Gasteiger partial charge in [0.2, 0.25) is 0 Å². The van der Waals surface area contributed by atoms with E-state index in [0.29, 0.717) is 0 Å². The van der Waals surface area contributed by atoms with Gasteiger partial charge in [-0.25, -0.2) is 0 Å².